The van der Waals surface area contributed by atoms with E-state index in [4.69, 9.17) is 0 Å². The molecule has 0 amide bonds. The molecule has 54 valence electrons. The van der Waals surface area contributed by atoms with Crippen molar-refractivity contribution >= 4 is 18.9 Å². The Morgan fingerprint density at radius 2 is 2.10 bits per heavy atom. The summed E-state index contributed by atoms with van der Waals surface area (Å²) >= 11 is 0. The van der Waals surface area contributed by atoms with Crippen LogP contribution in [0.2, 0.25) is 0 Å². The van der Waals surface area contributed by atoms with Crippen LogP contribution in [0.5, 0.6) is 0 Å². The Labute approximate surface area is 74.7 Å². The summed E-state index contributed by atoms with van der Waals surface area (Å²) in [4.78, 5) is 0. The average Bonchev–Trinajstić information content (AvgIpc) is 1.83. The van der Waals surface area contributed by atoms with Crippen molar-refractivity contribution in [1.82, 2.24) is 0 Å². The molecule has 0 aromatic rings. The first kappa shape index (κ1) is 10.1. The quantitative estimate of drug-likeness (QED) is 0.502. The van der Waals surface area contributed by atoms with Gasteiger partial charge in [0.15, 0.2) is 0 Å². The first-order chi connectivity index (χ1) is 4.22. The molecule has 0 bridgehead atoms. The monoisotopic (exact) mass is 134 g/mol. The van der Waals surface area contributed by atoms with Gasteiger partial charge in [-0.1, -0.05) is 6.92 Å². The van der Waals surface area contributed by atoms with E-state index in [1.165, 1.54) is 12.0 Å². The number of aliphatic hydroxyl groups is 1. The molecule has 0 saturated carbocycles. The third-order valence-electron chi connectivity index (χ3n) is 2.25. The van der Waals surface area contributed by atoms with E-state index in [2.05, 4.69) is 6.92 Å². The first-order valence-corrected chi connectivity index (χ1v) is 3.60. The molecule has 1 nitrogen and oxygen atoms in total. The van der Waals surface area contributed by atoms with Crippen molar-refractivity contribution in [1.29, 1.82) is 0 Å². The molecule has 1 atom stereocenters. The third kappa shape index (κ3) is 2.07. The van der Waals surface area contributed by atoms with E-state index >= 15 is 0 Å². The summed E-state index contributed by atoms with van der Waals surface area (Å²) < 4.78 is 0. The summed E-state index contributed by atoms with van der Waals surface area (Å²) in [6.45, 7) is 4.20. The van der Waals surface area contributed by atoms with Crippen LogP contribution in [0.4, 0.5) is 0 Å². The van der Waals surface area contributed by atoms with E-state index < -0.39 is 0 Å². The Balaban J connectivity index is 0.000000810. The van der Waals surface area contributed by atoms with Gasteiger partial charge in [0, 0.05) is 6.42 Å². The normalized spacial score (nSPS) is 26.0. The fourth-order valence-electron chi connectivity index (χ4n) is 1.27. The summed E-state index contributed by atoms with van der Waals surface area (Å²) in [5.41, 5.74) is 1.20. The van der Waals surface area contributed by atoms with Crippen molar-refractivity contribution < 1.29 is 5.11 Å². The summed E-state index contributed by atoms with van der Waals surface area (Å²) in [7, 11) is 0. The Kier molecular flexibility index (Phi) is 4.16. The second kappa shape index (κ2) is 4.11. The number of rotatable bonds is 0. The molecule has 1 aliphatic rings. The minimum absolute atomic E-state index is 0. The molecule has 1 aliphatic carbocycles. The van der Waals surface area contributed by atoms with Crippen LogP contribution in [0, 0.1) is 5.92 Å². The van der Waals surface area contributed by atoms with E-state index in [0.717, 1.165) is 12.8 Å². The van der Waals surface area contributed by atoms with Crippen LogP contribution in [-0.2, 0) is 0 Å². The number of hydrogen-bond acceptors (Lipinski definition) is 1. The van der Waals surface area contributed by atoms with Gasteiger partial charge in [-0.05, 0) is 31.3 Å². The molecule has 0 aromatic heterocycles. The predicted molar refractivity (Wildman–Crippen MR) is 45.5 cm³/mol. The molecular formula is C8H15LiO. The van der Waals surface area contributed by atoms with Crippen LogP contribution >= 0.6 is 0 Å². The second-order valence-electron chi connectivity index (χ2n) is 2.92. The minimum atomic E-state index is 0. The van der Waals surface area contributed by atoms with Gasteiger partial charge in [-0.3, -0.25) is 0 Å². The average molecular weight is 134 g/mol. The SMILES string of the molecule is CC1=C(O)CCCC1C.[LiH]. The number of hydrogen-bond donors (Lipinski definition) is 1. The van der Waals surface area contributed by atoms with Gasteiger partial charge in [0.1, 0.15) is 0 Å². The van der Waals surface area contributed by atoms with Crippen molar-refractivity contribution in [3.05, 3.63) is 11.3 Å². The molecule has 0 heterocycles. The van der Waals surface area contributed by atoms with Crippen LogP contribution in [0.1, 0.15) is 33.1 Å². The van der Waals surface area contributed by atoms with Gasteiger partial charge in [0.25, 0.3) is 0 Å². The van der Waals surface area contributed by atoms with Crippen molar-refractivity contribution in [2.24, 2.45) is 5.92 Å². The van der Waals surface area contributed by atoms with Gasteiger partial charge in [-0.25, -0.2) is 0 Å². The van der Waals surface area contributed by atoms with Crippen LogP contribution in [0.25, 0.3) is 0 Å². The topological polar surface area (TPSA) is 20.2 Å². The molecule has 0 aromatic carbocycles. The molecule has 10 heavy (non-hydrogen) atoms. The van der Waals surface area contributed by atoms with E-state index in [1.54, 1.807) is 0 Å². The predicted octanol–water partition coefficient (Wildman–Crippen LogP) is 1.99. The zero-order chi connectivity index (χ0) is 6.85. The Morgan fingerprint density at radius 1 is 1.50 bits per heavy atom. The van der Waals surface area contributed by atoms with E-state index in [9.17, 15) is 5.11 Å². The molecule has 1 unspecified atom stereocenters. The zero-order valence-corrected chi connectivity index (χ0v) is 6.15. The van der Waals surface area contributed by atoms with E-state index in [-0.39, 0.29) is 18.9 Å². The van der Waals surface area contributed by atoms with E-state index in [1.807, 2.05) is 6.92 Å². The molecule has 0 fully saturated rings. The molecule has 0 saturated heterocycles. The van der Waals surface area contributed by atoms with Crippen LogP contribution in [0.15, 0.2) is 11.3 Å². The van der Waals surface area contributed by atoms with E-state index in [0.29, 0.717) is 11.7 Å². The molecule has 2 heteroatoms. The van der Waals surface area contributed by atoms with Gasteiger partial charge in [-0.15, -0.1) is 0 Å². The fourth-order valence-corrected chi connectivity index (χ4v) is 1.27. The molecular weight excluding hydrogens is 119 g/mol. The summed E-state index contributed by atoms with van der Waals surface area (Å²) in [5.74, 6) is 1.24. The van der Waals surface area contributed by atoms with Crippen LogP contribution in [-0.4, -0.2) is 24.0 Å². The number of allylic oxidation sites excluding steroid dienone is 2. The van der Waals surface area contributed by atoms with Gasteiger partial charge in [0.2, 0.25) is 0 Å². The molecule has 0 spiro atoms. The van der Waals surface area contributed by atoms with Gasteiger partial charge in [-0.2, -0.15) is 0 Å². The first-order valence-electron chi connectivity index (χ1n) is 3.60. The van der Waals surface area contributed by atoms with Crippen molar-refractivity contribution in [2.45, 2.75) is 33.1 Å². The Bertz CT molecular complexity index is 140. The molecule has 1 rings (SSSR count). The maximum atomic E-state index is 9.23. The standard InChI is InChI=1S/C8H14O.Li.H/c1-6-4-3-5-8(9)7(6)2;;/h6,9H,3-5H2,1-2H3;;. The van der Waals surface area contributed by atoms with Crippen LogP contribution in [0.3, 0.4) is 0 Å². The van der Waals surface area contributed by atoms with Crippen molar-refractivity contribution in [2.75, 3.05) is 0 Å². The van der Waals surface area contributed by atoms with Crippen molar-refractivity contribution in [3.63, 3.8) is 0 Å². The maximum absolute atomic E-state index is 9.23. The Hall–Kier alpha value is 0.137. The van der Waals surface area contributed by atoms with Crippen LogP contribution < -0.4 is 0 Å². The van der Waals surface area contributed by atoms with Gasteiger partial charge >= 0.3 is 18.9 Å². The van der Waals surface area contributed by atoms with Gasteiger partial charge in [0.05, 0.1) is 5.76 Å². The summed E-state index contributed by atoms with van der Waals surface area (Å²) in [6.07, 6.45) is 3.30. The zero-order valence-electron chi connectivity index (χ0n) is 6.15. The summed E-state index contributed by atoms with van der Waals surface area (Å²) in [6, 6.07) is 0. The number of aliphatic hydroxyl groups excluding tert-OH is 1. The molecule has 0 radical (unpaired) electrons. The summed E-state index contributed by atoms with van der Waals surface area (Å²) in [5, 5.41) is 9.23. The molecule has 1 N–H and O–H groups in total. The second-order valence-corrected chi connectivity index (χ2v) is 2.92. The Morgan fingerprint density at radius 3 is 2.50 bits per heavy atom. The fraction of sp³-hybridized carbons (Fsp3) is 0.750. The van der Waals surface area contributed by atoms with Crippen molar-refractivity contribution in [3.8, 4) is 0 Å². The molecule has 0 aliphatic heterocycles. The third-order valence-corrected chi connectivity index (χ3v) is 2.25. The van der Waals surface area contributed by atoms with Gasteiger partial charge < -0.3 is 5.11 Å².